The largest absolute Gasteiger partial charge is 0.395 e. The van der Waals surface area contributed by atoms with E-state index >= 15 is 0 Å². The second kappa shape index (κ2) is 10.7. The van der Waals surface area contributed by atoms with E-state index in [4.69, 9.17) is 16.7 Å². The number of pyridine rings is 1. The summed E-state index contributed by atoms with van der Waals surface area (Å²) >= 11 is 6.21. The number of aliphatic hydroxyl groups is 1. The first kappa shape index (κ1) is 23.8. The molecule has 7 nitrogen and oxygen atoms in total. The number of aromatic nitrogens is 1. The van der Waals surface area contributed by atoms with Crippen molar-refractivity contribution < 1.29 is 9.90 Å². The molecule has 0 radical (unpaired) electrons. The van der Waals surface area contributed by atoms with Crippen LogP contribution in [-0.2, 0) is 0 Å². The lowest BCUT2D eigenvalue weighted by molar-refractivity contribution is 0.102. The zero-order chi connectivity index (χ0) is 23.4. The van der Waals surface area contributed by atoms with Crippen LogP contribution in [0.1, 0.15) is 42.1 Å². The van der Waals surface area contributed by atoms with E-state index in [2.05, 4.69) is 44.5 Å². The Morgan fingerprint density at radius 1 is 1.27 bits per heavy atom. The second-order valence-corrected chi connectivity index (χ2v) is 9.65. The highest BCUT2D eigenvalue weighted by Crippen LogP contribution is 2.30. The number of amides is 1. The Kier molecular flexibility index (Phi) is 7.73. The number of halogens is 1. The van der Waals surface area contributed by atoms with Crippen LogP contribution in [0.3, 0.4) is 0 Å². The molecule has 0 aliphatic carbocycles. The Balaban J connectivity index is 1.36. The van der Waals surface area contributed by atoms with Crippen LogP contribution in [0, 0.1) is 12.8 Å². The lowest BCUT2D eigenvalue weighted by Crippen LogP contribution is -2.33. The minimum Gasteiger partial charge on any atom is -0.395 e. The van der Waals surface area contributed by atoms with Gasteiger partial charge in [-0.2, -0.15) is 0 Å². The number of likely N-dealkylation sites (tertiary alicyclic amines) is 1. The highest BCUT2D eigenvalue weighted by molar-refractivity contribution is 6.33. The van der Waals surface area contributed by atoms with Gasteiger partial charge in [0.15, 0.2) is 0 Å². The van der Waals surface area contributed by atoms with E-state index in [1.807, 2.05) is 13.0 Å². The standard InChI is InChI=1S/C25H34ClN5O2/c1-17-12-21(31-10-7-19(16-31)15-30-9-3-4-18(30)2)5-6-23(17)29-25(33)20-13-22(26)24(28-14-20)27-8-11-32/h5-6,12-14,18-19,32H,3-4,7-11,15-16H2,1-2H3,(H,27,28)(H,29,33). The molecule has 2 fully saturated rings. The topological polar surface area (TPSA) is 80.7 Å². The third-order valence-corrected chi connectivity index (χ3v) is 7.09. The molecule has 3 heterocycles. The van der Waals surface area contributed by atoms with Crippen molar-refractivity contribution >= 4 is 34.7 Å². The van der Waals surface area contributed by atoms with Gasteiger partial charge in [-0.05, 0) is 75.4 Å². The van der Waals surface area contributed by atoms with Crippen molar-refractivity contribution in [2.45, 2.75) is 39.2 Å². The number of nitrogens with one attached hydrogen (secondary N) is 2. The minimum absolute atomic E-state index is 0.0226. The van der Waals surface area contributed by atoms with E-state index in [0.717, 1.165) is 36.3 Å². The molecule has 178 valence electrons. The highest BCUT2D eigenvalue weighted by atomic mass is 35.5. The Morgan fingerprint density at radius 2 is 2.12 bits per heavy atom. The van der Waals surface area contributed by atoms with Crippen LogP contribution >= 0.6 is 11.6 Å². The predicted octanol–water partition coefficient (Wildman–Crippen LogP) is 4.01. The van der Waals surface area contributed by atoms with Gasteiger partial charge in [0.2, 0.25) is 0 Å². The molecule has 2 aliphatic heterocycles. The first-order valence-electron chi connectivity index (χ1n) is 11.9. The van der Waals surface area contributed by atoms with Crippen molar-refractivity contribution in [3.8, 4) is 0 Å². The molecule has 4 rings (SSSR count). The molecule has 0 saturated carbocycles. The number of hydrogen-bond acceptors (Lipinski definition) is 6. The number of aryl methyl sites for hydroxylation is 1. The molecule has 8 heteroatoms. The summed E-state index contributed by atoms with van der Waals surface area (Å²) in [7, 11) is 0. The number of nitrogens with zero attached hydrogens (tertiary/aromatic N) is 3. The molecule has 0 spiro atoms. The highest BCUT2D eigenvalue weighted by Gasteiger charge is 2.28. The molecule has 1 aromatic carbocycles. The molecule has 2 unspecified atom stereocenters. The Labute approximate surface area is 201 Å². The summed E-state index contributed by atoms with van der Waals surface area (Å²) in [5.41, 5.74) is 3.41. The van der Waals surface area contributed by atoms with Crippen LogP contribution in [0.4, 0.5) is 17.2 Å². The molecule has 2 aromatic rings. The predicted molar refractivity (Wildman–Crippen MR) is 135 cm³/mol. The number of hydrogen-bond donors (Lipinski definition) is 3. The van der Waals surface area contributed by atoms with Crippen molar-refractivity contribution in [3.63, 3.8) is 0 Å². The SMILES string of the molecule is Cc1cc(N2CCC(CN3CCCC3C)C2)ccc1NC(=O)c1cnc(NCCO)c(Cl)c1. The number of rotatable bonds is 8. The molecule has 3 N–H and O–H groups in total. The van der Waals surface area contributed by atoms with Crippen LogP contribution in [0.5, 0.6) is 0 Å². The summed E-state index contributed by atoms with van der Waals surface area (Å²) < 4.78 is 0. The summed E-state index contributed by atoms with van der Waals surface area (Å²) in [5, 5.41) is 15.1. The van der Waals surface area contributed by atoms with E-state index < -0.39 is 0 Å². The molecule has 2 aliphatic rings. The molecule has 2 saturated heterocycles. The van der Waals surface area contributed by atoms with Gasteiger partial charge >= 0.3 is 0 Å². The quantitative estimate of drug-likeness (QED) is 0.539. The van der Waals surface area contributed by atoms with Crippen molar-refractivity contribution in [2.24, 2.45) is 5.92 Å². The molecule has 2 atom stereocenters. The number of carbonyl (C=O) groups excluding carboxylic acids is 1. The Morgan fingerprint density at radius 3 is 2.82 bits per heavy atom. The fourth-order valence-electron chi connectivity index (χ4n) is 4.86. The molecule has 0 bridgehead atoms. The first-order chi connectivity index (χ1) is 15.9. The van der Waals surface area contributed by atoms with E-state index in [1.54, 1.807) is 6.07 Å². The van der Waals surface area contributed by atoms with Gasteiger partial charge in [-0.1, -0.05) is 11.6 Å². The van der Waals surface area contributed by atoms with E-state index in [0.29, 0.717) is 22.9 Å². The summed E-state index contributed by atoms with van der Waals surface area (Å²) in [6.45, 7) is 9.32. The molecular formula is C25H34ClN5O2. The monoisotopic (exact) mass is 471 g/mol. The van der Waals surface area contributed by atoms with Crippen molar-refractivity contribution in [3.05, 3.63) is 46.6 Å². The van der Waals surface area contributed by atoms with E-state index in [9.17, 15) is 4.79 Å². The second-order valence-electron chi connectivity index (χ2n) is 9.25. The fourth-order valence-corrected chi connectivity index (χ4v) is 5.09. The zero-order valence-electron chi connectivity index (χ0n) is 19.5. The molecule has 1 aromatic heterocycles. The van der Waals surface area contributed by atoms with Crippen molar-refractivity contribution in [1.82, 2.24) is 9.88 Å². The lowest BCUT2D eigenvalue weighted by atomic mass is 10.1. The zero-order valence-corrected chi connectivity index (χ0v) is 20.2. The van der Waals surface area contributed by atoms with Gasteiger partial charge in [-0.3, -0.25) is 4.79 Å². The Bertz CT molecular complexity index is 985. The number of benzene rings is 1. The van der Waals surface area contributed by atoms with Gasteiger partial charge < -0.3 is 25.5 Å². The van der Waals surface area contributed by atoms with E-state index in [1.165, 1.54) is 44.2 Å². The van der Waals surface area contributed by atoms with Gasteiger partial charge in [0.1, 0.15) is 5.82 Å². The molecular weight excluding hydrogens is 438 g/mol. The van der Waals surface area contributed by atoms with Crippen LogP contribution in [-0.4, -0.2) is 66.3 Å². The number of aliphatic hydroxyl groups excluding tert-OH is 1. The Hall–Kier alpha value is -2.35. The van der Waals surface area contributed by atoms with Gasteiger partial charge in [-0.25, -0.2) is 4.98 Å². The normalized spacial score (nSPS) is 20.9. The summed E-state index contributed by atoms with van der Waals surface area (Å²) in [6.07, 6.45) is 5.38. The van der Waals surface area contributed by atoms with Gasteiger partial charge in [-0.15, -0.1) is 0 Å². The smallest absolute Gasteiger partial charge is 0.257 e. The maximum Gasteiger partial charge on any atom is 0.257 e. The fraction of sp³-hybridized carbons (Fsp3) is 0.520. The average Bonchev–Trinajstić information content (AvgIpc) is 3.43. The lowest BCUT2D eigenvalue weighted by Gasteiger charge is -2.25. The van der Waals surface area contributed by atoms with Crippen LogP contribution in [0.25, 0.3) is 0 Å². The maximum atomic E-state index is 12.7. The molecule has 1 amide bonds. The van der Waals surface area contributed by atoms with Gasteiger partial charge in [0, 0.05) is 49.8 Å². The minimum atomic E-state index is -0.255. The summed E-state index contributed by atoms with van der Waals surface area (Å²) in [5.74, 6) is 0.915. The van der Waals surface area contributed by atoms with Crippen molar-refractivity contribution in [1.29, 1.82) is 0 Å². The first-order valence-corrected chi connectivity index (χ1v) is 12.2. The van der Waals surface area contributed by atoms with Gasteiger partial charge in [0.05, 0.1) is 17.2 Å². The summed E-state index contributed by atoms with van der Waals surface area (Å²) in [4.78, 5) is 22.0. The number of anilines is 3. The van der Waals surface area contributed by atoms with Crippen LogP contribution in [0.2, 0.25) is 5.02 Å². The average molecular weight is 472 g/mol. The van der Waals surface area contributed by atoms with E-state index in [-0.39, 0.29) is 12.5 Å². The molecule has 33 heavy (non-hydrogen) atoms. The van der Waals surface area contributed by atoms with Gasteiger partial charge in [0.25, 0.3) is 5.91 Å². The summed E-state index contributed by atoms with van der Waals surface area (Å²) in [6, 6.07) is 8.53. The van der Waals surface area contributed by atoms with Crippen LogP contribution < -0.4 is 15.5 Å². The van der Waals surface area contributed by atoms with Crippen LogP contribution in [0.15, 0.2) is 30.5 Å². The van der Waals surface area contributed by atoms with Crippen molar-refractivity contribution in [2.75, 3.05) is 54.9 Å². The third-order valence-electron chi connectivity index (χ3n) is 6.80. The third kappa shape index (κ3) is 5.78. The maximum absolute atomic E-state index is 12.7. The number of carbonyl (C=O) groups is 1.